The number of carbonyl (C=O) groups is 1. The Bertz CT molecular complexity index is 1920. The van der Waals surface area contributed by atoms with Crippen molar-refractivity contribution in [3.63, 3.8) is 0 Å². The molecular formula is C33H34N4O8S. The van der Waals surface area contributed by atoms with Gasteiger partial charge in [-0.1, -0.05) is 30.3 Å². The number of benzene rings is 3. The van der Waals surface area contributed by atoms with Crippen LogP contribution >= 0.6 is 0 Å². The van der Waals surface area contributed by atoms with Crippen molar-refractivity contribution in [3.8, 4) is 5.75 Å². The Morgan fingerprint density at radius 2 is 1.87 bits per heavy atom. The zero-order chi connectivity index (χ0) is 32.1. The monoisotopic (exact) mass is 646 g/mol. The van der Waals surface area contributed by atoms with Gasteiger partial charge in [-0.3, -0.25) is 4.79 Å². The molecular weight excluding hydrogens is 612 g/mol. The minimum absolute atomic E-state index is 0.0488. The molecule has 0 unspecified atom stereocenters. The number of carbonyl (C=O) groups excluding carboxylic acids is 1. The third-order valence-corrected chi connectivity index (χ3v) is 9.65. The molecule has 2 aromatic heterocycles. The van der Waals surface area contributed by atoms with Crippen LogP contribution in [0.25, 0.3) is 22.0 Å². The van der Waals surface area contributed by atoms with Crippen molar-refractivity contribution < 1.29 is 36.9 Å². The number of aliphatic hydroxyl groups excluding tert-OH is 1. The van der Waals surface area contributed by atoms with Crippen molar-refractivity contribution in [1.82, 2.24) is 19.6 Å². The van der Waals surface area contributed by atoms with E-state index in [0.717, 1.165) is 26.3 Å². The van der Waals surface area contributed by atoms with Crippen LogP contribution in [-0.4, -0.2) is 73.4 Å². The van der Waals surface area contributed by atoms with E-state index in [1.54, 1.807) is 24.5 Å². The van der Waals surface area contributed by atoms with Gasteiger partial charge in [0.15, 0.2) is 5.76 Å². The SMILES string of the molecule is COc1ccc(S(=O)(=O)N(CCO)CCO[C@H]2C[C@@H](c3coc4ccccc34)C=C(C(=O)NCc3nc4ccccc4[nH]3)O2)cc1. The average Bonchev–Trinajstić information content (AvgIpc) is 3.71. The van der Waals surface area contributed by atoms with E-state index in [2.05, 4.69) is 15.3 Å². The van der Waals surface area contributed by atoms with Gasteiger partial charge in [0.25, 0.3) is 5.91 Å². The number of nitrogens with one attached hydrogen (secondary N) is 2. The fourth-order valence-electron chi connectivity index (χ4n) is 5.41. The van der Waals surface area contributed by atoms with Crippen LogP contribution in [0.15, 0.2) is 100 Å². The molecule has 3 heterocycles. The number of nitrogens with zero attached hydrogens (tertiary/aromatic N) is 2. The Kier molecular flexibility index (Phi) is 9.35. The number of fused-ring (bicyclic) bond motifs is 2. The molecule has 46 heavy (non-hydrogen) atoms. The molecule has 5 aromatic rings. The number of sulfonamides is 1. The van der Waals surface area contributed by atoms with Crippen LogP contribution in [0.5, 0.6) is 5.75 Å². The molecule has 3 aromatic carbocycles. The summed E-state index contributed by atoms with van der Waals surface area (Å²) in [7, 11) is -2.43. The van der Waals surface area contributed by atoms with E-state index >= 15 is 0 Å². The number of ether oxygens (including phenoxy) is 3. The number of para-hydroxylation sites is 3. The number of aromatic nitrogens is 2. The maximum atomic E-state index is 13.4. The summed E-state index contributed by atoms with van der Waals surface area (Å²) < 4.78 is 50.8. The molecule has 0 saturated heterocycles. The van der Waals surface area contributed by atoms with Gasteiger partial charge in [-0.25, -0.2) is 13.4 Å². The highest BCUT2D eigenvalue weighted by molar-refractivity contribution is 7.89. The van der Waals surface area contributed by atoms with Gasteiger partial charge in [0.2, 0.25) is 16.3 Å². The predicted octanol–water partition coefficient (Wildman–Crippen LogP) is 4.05. The zero-order valence-corrected chi connectivity index (χ0v) is 25.9. The Hall–Kier alpha value is -4.69. The standard InChI is InChI=1S/C33H34N4O8S/c1-42-23-10-12-24(13-11-23)46(40,41)37(14-16-38)15-17-43-32-19-22(26-21-44-29-9-5-2-6-25(26)29)18-30(45-32)33(39)34-20-31-35-27-7-3-4-8-28(27)36-31/h2-13,18,21-22,32,38H,14-17,19-20H2,1H3,(H,34,39)(H,35,36)/t22-,32+/m0/s1. The van der Waals surface area contributed by atoms with Crippen molar-refractivity contribution in [2.75, 3.05) is 33.4 Å². The van der Waals surface area contributed by atoms with Gasteiger partial charge in [0.05, 0.1) is 49.1 Å². The normalized spacial score (nSPS) is 16.8. The summed E-state index contributed by atoms with van der Waals surface area (Å²) >= 11 is 0. The van der Waals surface area contributed by atoms with Crippen molar-refractivity contribution >= 4 is 37.9 Å². The first-order chi connectivity index (χ1) is 22.4. The molecule has 1 aliphatic rings. The highest BCUT2D eigenvalue weighted by atomic mass is 32.2. The molecule has 2 atom stereocenters. The number of H-pyrrole nitrogens is 1. The summed E-state index contributed by atoms with van der Waals surface area (Å²) in [5.74, 6) is 0.455. The summed E-state index contributed by atoms with van der Waals surface area (Å²) in [4.78, 5) is 21.1. The highest BCUT2D eigenvalue weighted by Crippen LogP contribution is 2.36. The Morgan fingerprint density at radius 3 is 2.65 bits per heavy atom. The molecule has 0 saturated carbocycles. The lowest BCUT2D eigenvalue weighted by Crippen LogP contribution is -2.38. The quantitative estimate of drug-likeness (QED) is 0.172. The molecule has 0 bridgehead atoms. The lowest BCUT2D eigenvalue weighted by molar-refractivity contribution is -0.146. The number of hydrogen-bond acceptors (Lipinski definition) is 9. The van der Waals surface area contributed by atoms with Gasteiger partial charge in [-0.15, -0.1) is 0 Å². The lowest BCUT2D eigenvalue weighted by Gasteiger charge is -2.29. The van der Waals surface area contributed by atoms with E-state index in [0.29, 0.717) is 23.6 Å². The number of rotatable bonds is 13. The number of furan rings is 1. The molecule has 240 valence electrons. The molecule has 13 heteroatoms. The van der Waals surface area contributed by atoms with E-state index in [4.69, 9.17) is 18.6 Å². The number of methoxy groups -OCH3 is 1. The van der Waals surface area contributed by atoms with Gasteiger partial charge in [0, 0.05) is 36.4 Å². The molecule has 1 amide bonds. The van der Waals surface area contributed by atoms with Crippen LogP contribution in [0.1, 0.15) is 23.7 Å². The minimum Gasteiger partial charge on any atom is -0.497 e. The molecule has 6 rings (SSSR count). The number of allylic oxidation sites excluding steroid dienone is 1. The second-order valence-corrected chi connectivity index (χ2v) is 12.6. The van der Waals surface area contributed by atoms with Crippen LogP contribution in [0.3, 0.4) is 0 Å². The minimum atomic E-state index is -3.93. The Morgan fingerprint density at radius 1 is 1.09 bits per heavy atom. The number of aromatic amines is 1. The van der Waals surface area contributed by atoms with Crippen LogP contribution in [0.4, 0.5) is 0 Å². The van der Waals surface area contributed by atoms with Gasteiger partial charge in [-0.05, 0) is 48.5 Å². The fraction of sp³-hybridized carbons (Fsp3) is 0.273. The van der Waals surface area contributed by atoms with E-state index in [-0.39, 0.29) is 49.4 Å². The van der Waals surface area contributed by atoms with E-state index in [9.17, 15) is 18.3 Å². The first-order valence-corrected chi connectivity index (χ1v) is 16.2. The van der Waals surface area contributed by atoms with Gasteiger partial charge < -0.3 is 34.0 Å². The van der Waals surface area contributed by atoms with Crippen molar-refractivity contribution in [1.29, 1.82) is 0 Å². The van der Waals surface area contributed by atoms with Crippen molar-refractivity contribution in [3.05, 3.63) is 102 Å². The lowest BCUT2D eigenvalue weighted by atomic mass is 9.92. The average molecular weight is 647 g/mol. The van der Waals surface area contributed by atoms with Crippen LogP contribution in [0, 0.1) is 0 Å². The zero-order valence-electron chi connectivity index (χ0n) is 25.1. The van der Waals surface area contributed by atoms with Crippen LogP contribution < -0.4 is 10.1 Å². The predicted molar refractivity (Wildman–Crippen MR) is 169 cm³/mol. The maximum Gasteiger partial charge on any atom is 0.286 e. The van der Waals surface area contributed by atoms with Crippen LogP contribution in [-0.2, 0) is 30.8 Å². The topological polar surface area (TPSA) is 156 Å². The molecule has 0 fully saturated rings. The Balaban J connectivity index is 1.17. The number of hydrogen-bond donors (Lipinski definition) is 3. The van der Waals surface area contributed by atoms with Gasteiger partial charge >= 0.3 is 0 Å². The number of imidazole rings is 1. The Labute approximate surface area is 265 Å². The van der Waals surface area contributed by atoms with Gasteiger partial charge in [-0.2, -0.15) is 4.31 Å². The van der Waals surface area contributed by atoms with Gasteiger partial charge in [0.1, 0.15) is 17.2 Å². The largest absolute Gasteiger partial charge is 0.497 e. The molecule has 12 nitrogen and oxygen atoms in total. The van der Waals surface area contributed by atoms with Crippen molar-refractivity contribution in [2.45, 2.75) is 30.1 Å². The van der Waals surface area contributed by atoms with Crippen molar-refractivity contribution in [2.24, 2.45) is 0 Å². The summed E-state index contributed by atoms with van der Waals surface area (Å²) in [5, 5.41) is 13.4. The molecule has 3 N–H and O–H groups in total. The molecule has 0 spiro atoms. The molecule has 0 radical (unpaired) electrons. The summed E-state index contributed by atoms with van der Waals surface area (Å²) in [6.07, 6.45) is 2.91. The molecule has 1 aliphatic heterocycles. The molecule has 0 aliphatic carbocycles. The van der Waals surface area contributed by atoms with E-state index in [1.165, 1.54) is 19.2 Å². The maximum absolute atomic E-state index is 13.4. The van der Waals surface area contributed by atoms with E-state index in [1.807, 2.05) is 48.5 Å². The first-order valence-electron chi connectivity index (χ1n) is 14.8. The summed E-state index contributed by atoms with van der Waals surface area (Å²) in [5.41, 5.74) is 3.25. The third-order valence-electron chi connectivity index (χ3n) is 7.74. The van der Waals surface area contributed by atoms with E-state index < -0.39 is 22.2 Å². The second kappa shape index (κ2) is 13.7. The summed E-state index contributed by atoms with van der Waals surface area (Å²) in [6.45, 7) is -0.442. The second-order valence-electron chi connectivity index (χ2n) is 10.7. The van der Waals surface area contributed by atoms with Crippen LogP contribution in [0.2, 0.25) is 0 Å². The first kappa shape index (κ1) is 31.3. The smallest absolute Gasteiger partial charge is 0.286 e. The number of amides is 1. The third kappa shape index (κ3) is 6.77. The fourth-order valence-corrected chi connectivity index (χ4v) is 6.82. The number of aliphatic hydroxyl groups is 1. The summed E-state index contributed by atoms with van der Waals surface area (Å²) in [6, 6.07) is 21.2. The highest BCUT2D eigenvalue weighted by Gasteiger charge is 2.31.